The second-order valence-corrected chi connectivity index (χ2v) is 11.5. The Balaban J connectivity index is 1.09. The SMILES string of the molecule is O=C(O)c1cc2nc(CN3CCC(c4cccc(OCc5ccc(Cl)cc5F)n4)CC3)n(CC3CCO3)c2s1. The number of imidazole rings is 1. The Morgan fingerprint density at radius 1 is 1.18 bits per heavy atom. The first kappa shape index (κ1) is 26.2. The second-order valence-electron chi connectivity index (χ2n) is 10.0. The van der Waals surface area contributed by atoms with Gasteiger partial charge in [0.05, 0.1) is 19.2 Å². The number of carbonyl (C=O) groups is 1. The monoisotopic (exact) mass is 570 g/mol. The molecule has 204 valence electrons. The average Bonchev–Trinajstić information content (AvgIpc) is 3.45. The summed E-state index contributed by atoms with van der Waals surface area (Å²) in [6.45, 7) is 4.05. The number of halogens is 2. The van der Waals surface area contributed by atoms with Crippen LogP contribution in [0, 0.1) is 5.82 Å². The topological polar surface area (TPSA) is 89.7 Å². The van der Waals surface area contributed by atoms with Crippen molar-refractivity contribution >= 4 is 39.3 Å². The minimum atomic E-state index is -0.923. The normalized spacial score (nSPS) is 18.4. The molecule has 0 radical (unpaired) electrons. The molecule has 0 amide bonds. The first-order valence-electron chi connectivity index (χ1n) is 13.0. The summed E-state index contributed by atoms with van der Waals surface area (Å²) in [7, 11) is 0. The van der Waals surface area contributed by atoms with Crippen molar-refractivity contribution in [2.75, 3.05) is 19.7 Å². The number of carboxylic acids is 1. The largest absolute Gasteiger partial charge is 0.477 e. The summed E-state index contributed by atoms with van der Waals surface area (Å²) in [5, 5.41) is 9.76. The molecular formula is C28H28ClFN4O4S. The van der Waals surface area contributed by atoms with E-state index in [4.69, 9.17) is 31.0 Å². The smallest absolute Gasteiger partial charge is 0.346 e. The standard InChI is InChI=1S/C28H28ClFN4O4S/c29-19-5-4-18(21(30)12-19)16-38-26-3-1-2-22(32-26)17-6-9-33(10-7-17)15-25-31-23-13-24(28(35)36)39-27(23)34(25)14-20-8-11-37-20/h1-5,12-13,17,20H,6-11,14-16H2,(H,35,36). The fourth-order valence-electron chi connectivity index (χ4n) is 5.12. The van der Waals surface area contributed by atoms with Crippen molar-refractivity contribution in [1.29, 1.82) is 0 Å². The Morgan fingerprint density at radius 3 is 2.72 bits per heavy atom. The fourth-order valence-corrected chi connectivity index (χ4v) is 6.25. The summed E-state index contributed by atoms with van der Waals surface area (Å²) in [6, 6.07) is 12.0. The summed E-state index contributed by atoms with van der Waals surface area (Å²) in [5.41, 5.74) is 2.15. The van der Waals surface area contributed by atoms with Crippen molar-refractivity contribution in [3.8, 4) is 5.88 Å². The van der Waals surface area contributed by atoms with Crippen molar-refractivity contribution < 1.29 is 23.8 Å². The molecule has 0 bridgehead atoms. The van der Waals surface area contributed by atoms with Crippen molar-refractivity contribution in [3.05, 3.63) is 75.3 Å². The molecule has 8 nitrogen and oxygen atoms in total. The lowest BCUT2D eigenvalue weighted by molar-refractivity contribution is -0.0591. The number of nitrogens with zero attached hydrogens (tertiary/aromatic N) is 4. The zero-order valence-electron chi connectivity index (χ0n) is 21.2. The summed E-state index contributed by atoms with van der Waals surface area (Å²) >= 11 is 7.11. The van der Waals surface area contributed by atoms with Gasteiger partial charge in [-0.15, -0.1) is 11.3 Å². The van der Waals surface area contributed by atoms with E-state index in [-0.39, 0.29) is 12.7 Å². The average molecular weight is 571 g/mol. The second kappa shape index (κ2) is 11.2. The van der Waals surface area contributed by atoms with Gasteiger partial charge >= 0.3 is 5.97 Å². The van der Waals surface area contributed by atoms with Gasteiger partial charge in [-0.25, -0.2) is 19.2 Å². The molecule has 3 aromatic heterocycles. The number of rotatable bonds is 9. The molecule has 39 heavy (non-hydrogen) atoms. The Kier molecular flexibility index (Phi) is 7.53. The van der Waals surface area contributed by atoms with Gasteiger partial charge in [-0.1, -0.05) is 23.7 Å². The van der Waals surface area contributed by atoms with Crippen LogP contribution in [0.4, 0.5) is 4.39 Å². The predicted molar refractivity (Wildman–Crippen MR) is 146 cm³/mol. The van der Waals surface area contributed by atoms with Crippen molar-refractivity contribution in [2.45, 2.75) is 51.0 Å². The van der Waals surface area contributed by atoms with Gasteiger partial charge < -0.3 is 19.1 Å². The molecule has 0 spiro atoms. The zero-order chi connectivity index (χ0) is 26.9. The van der Waals surface area contributed by atoms with Gasteiger partial charge in [0, 0.05) is 34.9 Å². The van der Waals surface area contributed by atoms with Crippen LogP contribution >= 0.6 is 22.9 Å². The number of pyridine rings is 1. The van der Waals surface area contributed by atoms with Crippen LogP contribution in [0.25, 0.3) is 10.3 Å². The molecule has 1 unspecified atom stereocenters. The molecule has 2 aliphatic rings. The highest BCUT2D eigenvalue weighted by Crippen LogP contribution is 2.32. The first-order valence-corrected chi connectivity index (χ1v) is 14.2. The van der Waals surface area contributed by atoms with E-state index in [2.05, 4.69) is 9.47 Å². The first-order chi connectivity index (χ1) is 18.9. The van der Waals surface area contributed by atoms with Crippen molar-refractivity contribution in [2.24, 2.45) is 0 Å². The highest BCUT2D eigenvalue weighted by molar-refractivity contribution is 7.20. The Hall–Kier alpha value is -3.05. The van der Waals surface area contributed by atoms with Gasteiger partial charge in [0.2, 0.25) is 5.88 Å². The minimum Gasteiger partial charge on any atom is -0.477 e. The van der Waals surface area contributed by atoms with E-state index in [1.807, 2.05) is 12.1 Å². The molecule has 1 N–H and O–H groups in total. The maximum atomic E-state index is 14.1. The van der Waals surface area contributed by atoms with Gasteiger partial charge in [-0.2, -0.15) is 0 Å². The minimum absolute atomic E-state index is 0.0852. The van der Waals surface area contributed by atoms with E-state index in [0.29, 0.717) is 40.4 Å². The molecule has 1 atom stereocenters. The van der Waals surface area contributed by atoms with Crippen LogP contribution in [0.5, 0.6) is 5.88 Å². The van der Waals surface area contributed by atoms with Crippen LogP contribution < -0.4 is 4.74 Å². The van der Waals surface area contributed by atoms with Crippen LogP contribution in [-0.2, 0) is 24.4 Å². The van der Waals surface area contributed by atoms with Crippen LogP contribution in [0.2, 0.25) is 5.02 Å². The van der Waals surface area contributed by atoms with Gasteiger partial charge in [0.25, 0.3) is 0 Å². The Bertz CT molecular complexity index is 1500. The third-order valence-electron chi connectivity index (χ3n) is 7.40. The number of piperidine rings is 1. The van der Waals surface area contributed by atoms with Crippen LogP contribution in [-0.4, -0.2) is 56.3 Å². The lowest BCUT2D eigenvalue weighted by Crippen LogP contribution is -2.35. The van der Waals surface area contributed by atoms with Crippen LogP contribution in [0.15, 0.2) is 42.5 Å². The molecule has 2 aliphatic heterocycles. The van der Waals surface area contributed by atoms with E-state index in [0.717, 1.165) is 60.8 Å². The van der Waals surface area contributed by atoms with E-state index in [1.54, 1.807) is 24.3 Å². The number of hydrogen-bond donors (Lipinski definition) is 1. The van der Waals surface area contributed by atoms with E-state index >= 15 is 0 Å². The number of likely N-dealkylation sites (tertiary alicyclic amines) is 1. The predicted octanol–water partition coefficient (Wildman–Crippen LogP) is 5.73. The van der Waals surface area contributed by atoms with Crippen LogP contribution in [0.3, 0.4) is 0 Å². The van der Waals surface area contributed by atoms with E-state index in [1.165, 1.54) is 17.4 Å². The summed E-state index contributed by atoms with van der Waals surface area (Å²) in [5.74, 6) is 0.416. The molecule has 0 aliphatic carbocycles. The number of thiophene rings is 1. The molecule has 4 aromatic rings. The number of fused-ring (bicyclic) bond motifs is 1. The number of aromatic carboxylic acids is 1. The number of benzene rings is 1. The highest BCUT2D eigenvalue weighted by atomic mass is 35.5. The number of carboxylic acid groups (broad SMARTS) is 1. The Morgan fingerprint density at radius 2 is 2.00 bits per heavy atom. The third-order valence-corrected chi connectivity index (χ3v) is 8.77. The molecule has 2 saturated heterocycles. The maximum Gasteiger partial charge on any atom is 0.346 e. The quantitative estimate of drug-likeness (QED) is 0.275. The molecule has 11 heteroatoms. The zero-order valence-corrected chi connectivity index (χ0v) is 22.8. The molecular weight excluding hydrogens is 543 g/mol. The Labute approximate surface area is 234 Å². The lowest BCUT2D eigenvalue weighted by Gasteiger charge is -2.32. The van der Waals surface area contributed by atoms with Crippen molar-refractivity contribution in [1.82, 2.24) is 19.4 Å². The van der Waals surface area contributed by atoms with E-state index < -0.39 is 11.8 Å². The molecule has 1 aromatic carbocycles. The van der Waals surface area contributed by atoms with Crippen molar-refractivity contribution in [3.63, 3.8) is 0 Å². The van der Waals surface area contributed by atoms with Gasteiger partial charge in [0.1, 0.15) is 33.5 Å². The van der Waals surface area contributed by atoms with E-state index in [9.17, 15) is 14.3 Å². The summed E-state index contributed by atoms with van der Waals surface area (Å²) in [6.07, 6.45) is 3.06. The van der Waals surface area contributed by atoms with Gasteiger partial charge in [0.15, 0.2) is 0 Å². The van der Waals surface area contributed by atoms with Crippen LogP contribution in [0.1, 0.15) is 51.9 Å². The van der Waals surface area contributed by atoms with Gasteiger partial charge in [-0.3, -0.25) is 4.90 Å². The number of ether oxygens (including phenoxy) is 2. The molecule has 0 saturated carbocycles. The number of aromatic nitrogens is 3. The molecule has 6 rings (SSSR count). The molecule has 2 fully saturated rings. The molecule has 5 heterocycles. The summed E-state index contributed by atoms with van der Waals surface area (Å²) in [4.78, 5) is 24.6. The van der Waals surface area contributed by atoms with Gasteiger partial charge in [-0.05, 0) is 56.6 Å². The fraction of sp³-hybridized carbons (Fsp3) is 0.393. The maximum absolute atomic E-state index is 14.1. The highest BCUT2D eigenvalue weighted by Gasteiger charge is 2.27. The summed E-state index contributed by atoms with van der Waals surface area (Å²) < 4.78 is 27.7. The lowest BCUT2D eigenvalue weighted by atomic mass is 9.93. The third kappa shape index (κ3) is 5.79. The number of hydrogen-bond acceptors (Lipinski definition) is 7.